The highest BCUT2D eigenvalue weighted by Crippen LogP contribution is 2.17. The fourth-order valence-electron chi connectivity index (χ4n) is 1.16. The van der Waals surface area contributed by atoms with E-state index in [1.807, 2.05) is 13.0 Å². The zero-order valence-corrected chi connectivity index (χ0v) is 8.70. The molecule has 0 aromatic rings. The Morgan fingerprint density at radius 1 is 1.71 bits per heavy atom. The van der Waals surface area contributed by atoms with E-state index in [4.69, 9.17) is 11.6 Å². The quantitative estimate of drug-likeness (QED) is 0.529. The number of aldehydes is 1. The van der Waals surface area contributed by atoms with E-state index in [1.54, 1.807) is 12.4 Å². The highest BCUT2D eigenvalue weighted by Gasteiger charge is 2.15. The zero-order chi connectivity index (χ0) is 10.6. The lowest BCUT2D eigenvalue weighted by atomic mass is 10.0. The molecule has 0 fully saturated rings. The van der Waals surface area contributed by atoms with Crippen molar-refractivity contribution in [2.24, 2.45) is 5.92 Å². The summed E-state index contributed by atoms with van der Waals surface area (Å²) in [6, 6.07) is 0. The molecule has 0 saturated carbocycles. The van der Waals surface area contributed by atoms with Crippen LogP contribution in [0.3, 0.4) is 0 Å². The van der Waals surface area contributed by atoms with Crippen molar-refractivity contribution in [3.05, 3.63) is 24.0 Å². The van der Waals surface area contributed by atoms with E-state index >= 15 is 0 Å². The van der Waals surface area contributed by atoms with Gasteiger partial charge in [0.15, 0.2) is 0 Å². The van der Waals surface area contributed by atoms with E-state index in [1.165, 1.54) is 4.90 Å². The Morgan fingerprint density at radius 3 is 3.00 bits per heavy atom. The smallest absolute Gasteiger partial charge is 0.231 e. The van der Waals surface area contributed by atoms with Gasteiger partial charge in [0.05, 0.1) is 0 Å². The van der Waals surface area contributed by atoms with Crippen molar-refractivity contribution in [2.45, 2.75) is 13.3 Å². The Kier molecular flexibility index (Phi) is 3.89. The van der Waals surface area contributed by atoms with E-state index in [9.17, 15) is 9.59 Å². The third kappa shape index (κ3) is 2.45. The van der Waals surface area contributed by atoms with Gasteiger partial charge < -0.3 is 0 Å². The van der Waals surface area contributed by atoms with Crippen LogP contribution in [0.15, 0.2) is 24.0 Å². The van der Waals surface area contributed by atoms with Crippen molar-refractivity contribution in [3.63, 3.8) is 0 Å². The molecule has 1 heterocycles. The predicted molar refractivity (Wildman–Crippen MR) is 54.6 cm³/mol. The molecular formula is C10H12ClNO2. The van der Waals surface area contributed by atoms with Crippen LogP contribution in [0.2, 0.25) is 0 Å². The normalized spacial score (nSPS) is 20.6. The van der Waals surface area contributed by atoms with Gasteiger partial charge in [0.25, 0.3) is 0 Å². The van der Waals surface area contributed by atoms with Crippen LogP contribution < -0.4 is 0 Å². The Bertz CT molecular complexity index is 296. The molecular weight excluding hydrogens is 202 g/mol. The van der Waals surface area contributed by atoms with Crippen molar-refractivity contribution < 1.29 is 9.59 Å². The Labute approximate surface area is 88.0 Å². The molecule has 1 unspecified atom stereocenters. The summed E-state index contributed by atoms with van der Waals surface area (Å²) in [6.45, 7) is 1.90. The Morgan fingerprint density at radius 2 is 2.43 bits per heavy atom. The molecule has 1 rings (SSSR count). The topological polar surface area (TPSA) is 37.4 Å². The third-order valence-corrected chi connectivity index (χ3v) is 2.27. The second kappa shape index (κ2) is 4.96. The molecule has 76 valence electrons. The van der Waals surface area contributed by atoms with Gasteiger partial charge in [0, 0.05) is 36.2 Å². The lowest BCUT2D eigenvalue weighted by Gasteiger charge is -2.20. The molecule has 1 amide bonds. The van der Waals surface area contributed by atoms with Crippen LogP contribution in [-0.4, -0.2) is 23.0 Å². The summed E-state index contributed by atoms with van der Waals surface area (Å²) in [4.78, 5) is 23.4. The van der Waals surface area contributed by atoms with E-state index in [2.05, 4.69) is 0 Å². The van der Waals surface area contributed by atoms with Gasteiger partial charge in [-0.15, -0.1) is 11.6 Å². The monoisotopic (exact) mass is 213 g/mol. The number of nitrogens with zero attached hydrogens (tertiary/aromatic N) is 1. The van der Waals surface area contributed by atoms with Gasteiger partial charge in [-0.05, 0) is 0 Å². The summed E-state index contributed by atoms with van der Waals surface area (Å²) < 4.78 is 0. The fourth-order valence-corrected chi connectivity index (χ4v) is 1.32. The standard InChI is InChI=1S/C10H12ClNO2/c1-8-3-5-12(6-9(8)7-13)10(14)2-4-11/h3,5-8H,2,4H2,1H3. The number of carbonyl (C=O) groups is 2. The predicted octanol–water partition coefficient (Wildman–Crippen LogP) is 1.69. The molecule has 0 aromatic carbocycles. The van der Waals surface area contributed by atoms with Gasteiger partial charge in [-0.1, -0.05) is 13.0 Å². The summed E-state index contributed by atoms with van der Waals surface area (Å²) in [7, 11) is 0. The molecule has 4 heteroatoms. The number of halogens is 1. The van der Waals surface area contributed by atoms with Crippen molar-refractivity contribution in [1.29, 1.82) is 0 Å². The summed E-state index contributed by atoms with van der Waals surface area (Å²) in [5.74, 6) is 0.276. The van der Waals surface area contributed by atoms with Crippen LogP contribution >= 0.6 is 11.6 Å². The number of hydrogen-bond donors (Lipinski definition) is 0. The van der Waals surface area contributed by atoms with Crippen LogP contribution in [0.5, 0.6) is 0 Å². The molecule has 0 spiro atoms. The minimum Gasteiger partial charge on any atom is -0.298 e. The largest absolute Gasteiger partial charge is 0.298 e. The number of allylic oxidation sites excluding steroid dienone is 2. The highest BCUT2D eigenvalue weighted by atomic mass is 35.5. The lowest BCUT2D eigenvalue weighted by Crippen LogP contribution is -2.24. The first-order valence-corrected chi connectivity index (χ1v) is 4.95. The number of rotatable bonds is 3. The molecule has 0 N–H and O–H groups in total. The second-order valence-electron chi connectivity index (χ2n) is 3.12. The summed E-state index contributed by atoms with van der Waals surface area (Å²) >= 11 is 5.45. The first-order valence-electron chi connectivity index (χ1n) is 4.41. The van der Waals surface area contributed by atoms with Crippen LogP contribution in [0.4, 0.5) is 0 Å². The molecule has 0 aromatic heterocycles. The minimum atomic E-state index is -0.0949. The number of carbonyl (C=O) groups excluding carboxylic acids is 2. The highest BCUT2D eigenvalue weighted by molar-refractivity contribution is 6.18. The van der Waals surface area contributed by atoms with E-state index in [0.29, 0.717) is 11.5 Å². The molecule has 0 saturated heterocycles. The van der Waals surface area contributed by atoms with Gasteiger partial charge in [-0.25, -0.2) is 0 Å². The summed E-state index contributed by atoms with van der Waals surface area (Å²) in [5.41, 5.74) is 0.607. The second-order valence-corrected chi connectivity index (χ2v) is 3.50. The van der Waals surface area contributed by atoms with Crippen LogP contribution in [0.25, 0.3) is 0 Å². The van der Waals surface area contributed by atoms with Crippen molar-refractivity contribution in [2.75, 3.05) is 5.88 Å². The SMILES string of the molecule is CC1C=CN(C(=O)CCCl)C=C1C=O. The van der Waals surface area contributed by atoms with Crippen molar-refractivity contribution in [3.8, 4) is 0 Å². The molecule has 3 nitrogen and oxygen atoms in total. The fraction of sp³-hybridized carbons (Fsp3) is 0.400. The molecule has 14 heavy (non-hydrogen) atoms. The van der Waals surface area contributed by atoms with E-state index in [-0.39, 0.29) is 18.2 Å². The van der Waals surface area contributed by atoms with Crippen LogP contribution in [0, 0.1) is 5.92 Å². The van der Waals surface area contributed by atoms with E-state index < -0.39 is 0 Å². The number of hydrogen-bond acceptors (Lipinski definition) is 2. The average molecular weight is 214 g/mol. The maximum atomic E-state index is 11.4. The van der Waals surface area contributed by atoms with Gasteiger partial charge >= 0.3 is 0 Å². The van der Waals surface area contributed by atoms with Crippen molar-refractivity contribution >= 4 is 23.8 Å². The number of amides is 1. The average Bonchev–Trinajstić information content (AvgIpc) is 2.19. The van der Waals surface area contributed by atoms with Gasteiger partial charge in [-0.2, -0.15) is 0 Å². The lowest BCUT2D eigenvalue weighted by molar-refractivity contribution is -0.126. The Hall–Kier alpha value is -1.09. The van der Waals surface area contributed by atoms with Gasteiger partial charge in [-0.3, -0.25) is 14.5 Å². The molecule has 0 bridgehead atoms. The maximum absolute atomic E-state index is 11.4. The van der Waals surface area contributed by atoms with Gasteiger partial charge in [0.1, 0.15) is 6.29 Å². The van der Waals surface area contributed by atoms with Crippen LogP contribution in [0.1, 0.15) is 13.3 Å². The summed E-state index contributed by atoms with van der Waals surface area (Å²) in [6.07, 6.45) is 6.10. The van der Waals surface area contributed by atoms with Crippen LogP contribution in [-0.2, 0) is 9.59 Å². The number of alkyl halides is 1. The minimum absolute atomic E-state index is 0.0764. The molecule has 1 atom stereocenters. The van der Waals surface area contributed by atoms with Gasteiger partial charge in [0.2, 0.25) is 5.91 Å². The maximum Gasteiger partial charge on any atom is 0.231 e. The first kappa shape index (κ1) is 11.0. The Balaban J connectivity index is 2.73. The third-order valence-electron chi connectivity index (χ3n) is 2.08. The molecule has 1 aliphatic rings. The zero-order valence-electron chi connectivity index (χ0n) is 7.94. The molecule has 1 aliphatic heterocycles. The molecule has 0 radical (unpaired) electrons. The first-order chi connectivity index (χ1) is 6.69. The summed E-state index contributed by atoms with van der Waals surface area (Å²) in [5, 5.41) is 0. The van der Waals surface area contributed by atoms with E-state index in [0.717, 1.165) is 6.29 Å². The molecule has 0 aliphatic carbocycles. The van der Waals surface area contributed by atoms with Crippen molar-refractivity contribution in [1.82, 2.24) is 4.90 Å².